The SMILES string of the molecule is CN=C(NCc1ccc(NC(=O)c2ccco2)cc1)N(C)Cc1ncc(-c2ccccc2)[nH]1.I. The Bertz CT molecular complexity index is 1200. The van der Waals surface area contributed by atoms with Gasteiger partial charge in [-0.2, -0.15) is 0 Å². The average Bonchev–Trinajstić information content (AvgIpc) is 3.54. The van der Waals surface area contributed by atoms with E-state index in [1.165, 1.54) is 6.26 Å². The van der Waals surface area contributed by atoms with Gasteiger partial charge >= 0.3 is 0 Å². The molecule has 9 heteroatoms. The molecule has 0 saturated carbocycles. The number of guanidine groups is 1. The maximum Gasteiger partial charge on any atom is 0.291 e. The molecule has 4 aromatic rings. The van der Waals surface area contributed by atoms with Crippen LogP contribution in [-0.2, 0) is 13.1 Å². The van der Waals surface area contributed by atoms with Gasteiger partial charge in [-0.3, -0.25) is 9.79 Å². The number of aliphatic imine (C=N–C) groups is 1. The second kappa shape index (κ2) is 12.0. The average molecular weight is 570 g/mol. The highest BCUT2D eigenvalue weighted by atomic mass is 127. The van der Waals surface area contributed by atoms with Crippen LogP contribution in [0.25, 0.3) is 11.3 Å². The summed E-state index contributed by atoms with van der Waals surface area (Å²) in [5.74, 6) is 1.61. The zero-order valence-corrected chi connectivity index (χ0v) is 21.3. The van der Waals surface area contributed by atoms with Crippen molar-refractivity contribution in [3.63, 3.8) is 0 Å². The summed E-state index contributed by atoms with van der Waals surface area (Å²) in [6, 6.07) is 21.0. The summed E-state index contributed by atoms with van der Waals surface area (Å²) in [6.07, 6.45) is 3.32. The number of halogens is 1. The van der Waals surface area contributed by atoms with Crippen LogP contribution in [0.3, 0.4) is 0 Å². The maximum absolute atomic E-state index is 12.1. The Kier molecular flexibility index (Phi) is 8.86. The first-order valence-electron chi connectivity index (χ1n) is 10.6. The quantitative estimate of drug-likeness (QED) is 0.169. The third kappa shape index (κ3) is 6.47. The molecule has 0 atom stereocenters. The van der Waals surface area contributed by atoms with Crippen molar-refractivity contribution in [2.24, 2.45) is 4.99 Å². The van der Waals surface area contributed by atoms with Gasteiger partial charge < -0.3 is 24.9 Å². The summed E-state index contributed by atoms with van der Waals surface area (Å²) < 4.78 is 5.11. The van der Waals surface area contributed by atoms with Gasteiger partial charge in [-0.1, -0.05) is 42.5 Å². The minimum atomic E-state index is -0.277. The van der Waals surface area contributed by atoms with Crippen molar-refractivity contribution in [2.45, 2.75) is 13.1 Å². The van der Waals surface area contributed by atoms with E-state index in [-0.39, 0.29) is 35.6 Å². The van der Waals surface area contributed by atoms with Crippen molar-refractivity contribution >= 4 is 41.5 Å². The van der Waals surface area contributed by atoms with Crippen LogP contribution in [0.15, 0.2) is 88.6 Å². The Labute approximate surface area is 215 Å². The number of hydrogen-bond donors (Lipinski definition) is 3. The van der Waals surface area contributed by atoms with Gasteiger partial charge in [-0.05, 0) is 35.4 Å². The van der Waals surface area contributed by atoms with E-state index in [2.05, 4.69) is 37.7 Å². The standard InChI is InChI=1S/C25H26N6O2.HI/c1-26-25(31(2)17-23-27-16-21(30-23)19-7-4-3-5-8-19)28-15-18-10-12-20(13-11-18)29-24(32)22-9-6-14-33-22;/h3-14,16H,15,17H2,1-2H3,(H,26,28)(H,27,30)(H,29,32);1H. The molecule has 0 aliphatic carbocycles. The van der Waals surface area contributed by atoms with Crippen molar-refractivity contribution in [3.8, 4) is 11.3 Å². The number of furan rings is 1. The normalized spacial score (nSPS) is 10.9. The zero-order chi connectivity index (χ0) is 23.0. The second-order valence-corrected chi connectivity index (χ2v) is 7.49. The number of amides is 1. The smallest absolute Gasteiger partial charge is 0.291 e. The van der Waals surface area contributed by atoms with E-state index in [4.69, 9.17) is 4.42 Å². The summed E-state index contributed by atoms with van der Waals surface area (Å²) >= 11 is 0. The first kappa shape index (κ1) is 25.0. The highest BCUT2D eigenvalue weighted by molar-refractivity contribution is 14.0. The minimum absolute atomic E-state index is 0. The Hall–Kier alpha value is -3.60. The molecule has 3 N–H and O–H groups in total. The van der Waals surface area contributed by atoms with Crippen molar-refractivity contribution in [3.05, 3.63) is 96.3 Å². The molecule has 0 aliphatic rings. The monoisotopic (exact) mass is 570 g/mol. The van der Waals surface area contributed by atoms with Crippen LogP contribution in [0.1, 0.15) is 21.9 Å². The lowest BCUT2D eigenvalue weighted by atomic mass is 10.2. The number of aromatic amines is 1. The van der Waals surface area contributed by atoms with E-state index in [0.29, 0.717) is 18.8 Å². The molecule has 0 radical (unpaired) electrons. The number of carbonyl (C=O) groups excluding carboxylic acids is 1. The molecular formula is C25H27IN6O2. The molecule has 0 aliphatic heterocycles. The highest BCUT2D eigenvalue weighted by Gasteiger charge is 2.11. The predicted octanol–water partition coefficient (Wildman–Crippen LogP) is 4.75. The Morgan fingerprint density at radius 1 is 1.09 bits per heavy atom. The third-order valence-electron chi connectivity index (χ3n) is 5.08. The first-order chi connectivity index (χ1) is 16.1. The lowest BCUT2D eigenvalue weighted by molar-refractivity contribution is 0.0996. The van der Waals surface area contributed by atoms with E-state index in [0.717, 1.165) is 28.6 Å². The number of anilines is 1. The maximum atomic E-state index is 12.1. The number of rotatable bonds is 7. The van der Waals surface area contributed by atoms with E-state index < -0.39 is 0 Å². The van der Waals surface area contributed by atoms with Gasteiger partial charge in [0.1, 0.15) is 5.82 Å². The van der Waals surface area contributed by atoms with Crippen LogP contribution in [-0.4, -0.2) is 40.8 Å². The zero-order valence-electron chi connectivity index (χ0n) is 19.0. The molecule has 34 heavy (non-hydrogen) atoms. The van der Waals surface area contributed by atoms with Crippen LogP contribution < -0.4 is 10.6 Å². The summed E-state index contributed by atoms with van der Waals surface area (Å²) in [4.78, 5) is 26.3. The summed E-state index contributed by atoms with van der Waals surface area (Å²) in [6.45, 7) is 1.18. The number of imidazole rings is 1. The largest absolute Gasteiger partial charge is 0.459 e. The Morgan fingerprint density at radius 3 is 2.53 bits per heavy atom. The van der Waals surface area contributed by atoms with Crippen molar-refractivity contribution in [1.82, 2.24) is 20.2 Å². The number of benzene rings is 2. The van der Waals surface area contributed by atoms with E-state index >= 15 is 0 Å². The van der Waals surface area contributed by atoms with Gasteiger partial charge in [-0.15, -0.1) is 24.0 Å². The molecule has 2 heterocycles. The number of aromatic nitrogens is 2. The van der Waals surface area contributed by atoms with Crippen LogP contribution in [0.4, 0.5) is 5.69 Å². The summed E-state index contributed by atoms with van der Waals surface area (Å²) in [5.41, 5.74) is 3.85. The minimum Gasteiger partial charge on any atom is -0.459 e. The van der Waals surface area contributed by atoms with Gasteiger partial charge in [0.25, 0.3) is 5.91 Å². The van der Waals surface area contributed by atoms with E-state index in [9.17, 15) is 4.79 Å². The lowest BCUT2D eigenvalue weighted by Gasteiger charge is -2.21. The van der Waals surface area contributed by atoms with Gasteiger partial charge in [-0.25, -0.2) is 4.98 Å². The molecule has 0 fully saturated rings. The Morgan fingerprint density at radius 2 is 1.85 bits per heavy atom. The van der Waals surface area contributed by atoms with Crippen LogP contribution >= 0.6 is 24.0 Å². The van der Waals surface area contributed by atoms with Crippen LogP contribution in [0.5, 0.6) is 0 Å². The van der Waals surface area contributed by atoms with Crippen LogP contribution in [0, 0.1) is 0 Å². The molecule has 2 aromatic heterocycles. The van der Waals surface area contributed by atoms with Crippen molar-refractivity contribution in [1.29, 1.82) is 0 Å². The number of nitrogens with zero attached hydrogens (tertiary/aromatic N) is 3. The van der Waals surface area contributed by atoms with Gasteiger partial charge in [0.2, 0.25) is 0 Å². The Balaban J connectivity index is 0.00000324. The predicted molar refractivity (Wildman–Crippen MR) is 144 cm³/mol. The lowest BCUT2D eigenvalue weighted by Crippen LogP contribution is -2.38. The summed E-state index contributed by atoms with van der Waals surface area (Å²) in [5, 5.41) is 6.17. The van der Waals surface area contributed by atoms with Crippen LogP contribution in [0.2, 0.25) is 0 Å². The molecule has 1 amide bonds. The van der Waals surface area contributed by atoms with Gasteiger partial charge in [0, 0.05) is 26.3 Å². The molecular weight excluding hydrogens is 543 g/mol. The molecule has 0 unspecified atom stereocenters. The second-order valence-electron chi connectivity index (χ2n) is 7.49. The molecule has 0 bridgehead atoms. The number of hydrogen-bond acceptors (Lipinski definition) is 4. The highest BCUT2D eigenvalue weighted by Crippen LogP contribution is 2.16. The fraction of sp³-hybridized carbons (Fsp3) is 0.160. The number of H-pyrrole nitrogens is 1. The van der Waals surface area contributed by atoms with Gasteiger partial charge in [0.05, 0.1) is 24.7 Å². The summed E-state index contributed by atoms with van der Waals surface area (Å²) in [7, 11) is 3.72. The molecule has 4 rings (SSSR count). The topological polar surface area (TPSA) is 98.5 Å². The molecule has 2 aromatic carbocycles. The fourth-order valence-corrected chi connectivity index (χ4v) is 3.38. The van der Waals surface area contributed by atoms with E-state index in [1.54, 1.807) is 19.2 Å². The van der Waals surface area contributed by atoms with Gasteiger partial charge in [0.15, 0.2) is 11.7 Å². The molecule has 8 nitrogen and oxygen atoms in total. The molecule has 176 valence electrons. The number of nitrogens with one attached hydrogen (secondary N) is 3. The number of carbonyl (C=O) groups is 1. The third-order valence-corrected chi connectivity index (χ3v) is 5.08. The van der Waals surface area contributed by atoms with E-state index in [1.807, 2.05) is 60.6 Å². The molecule has 0 spiro atoms. The first-order valence-corrected chi connectivity index (χ1v) is 10.6. The van der Waals surface area contributed by atoms with Crippen molar-refractivity contribution < 1.29 is 9.21 Å². The molecule has 0 saturated heterocycles. The fourth-order valence-electron chi connectivity index (χ4n) is 3.38. The van der Waals surface area contributed by atoms with Crippen molar-refractivity contribution in [2.75, 3.05) is 19.4 Å².